The summed E-state index contributed by atoms with van der Waals surface area (Å²) in [6, 6.07) is 23.1. The fourth-order valence-corrected chi connectivity index (χ4v) is 4.75. The van der Waals surface area contributed by atoms with E-state index in [1.54, 1.807) is 4.57 Å². The number of H-pyrrole nitrogens is 1. The summed E-state index contributed by atoms with van der Waals surface area (Å²) in [6.45, 7) is 8.12. The molecule has 0 atom stereocenters. The number of benzene rings is 3. The van der Waals surface area contributed by atoms with Crippen LogP contribution in [0.5, 0.6) is 0 Å². The van der Waals surface area contributed by atoms with Crippen LogP contribution in [0.2, 0.25) is 5.02 Å². The topological polar surface area (TPSA) is 82.0 Å². The van der Waals surface area contributed by atoms with E-state index in [0.29, 0.717) is 27.6 Å². The number of halogens is 1. The number of aromatic amines is 1. The summed E-state index contributed by atoms with van der Waals surface area (Å²) in [5.74, 6) is 0.494. The molecule has 3 aromatic carbocycles. The minimum absolute atomic E-state index is 0.213. The van der Waals surface area contributed by atoms with Gasteiger partial charge in [-0.25, -0.2) is 4.98 Å². The lowest BCUT2D eigenvalue weighted by atomic mass is 9.79. The summed E-state index contributed by atoms with van der Waals surface area (Å²) in [4.78, 5) is 18.7. The third-order valence-corrected chi connectivity index (χ3v) is 7.73. The number of para-hydroxylation sites is 1. The summed E-state index contributed by atoms with van der Waals surface area (Å²) in [5.41, 5.74) is 3.54. The lowest BCUT2D eigenvalue weighted by molar-refractivity contribution is 0.00578. The second-order valence-corrected chi connectivity index (χ2v) is 10.9. The van der Waals surface area contributed by atoms with Crippen molar-refractivity contribution in [3.8, 4) is 28.2 Å². The molecule has 7 nitrogen and oxygen atoms in total. The van der Waals surface area contributed by atoms with Crippen molar-refractivity contribution >= 4 is 35.2 Å². The van der Waals surface area contributed by atoms with Crippen molar-refractivity contribution in [1.29, 1.82) is 0 Å². The number of hydrogen-bond acceptors (Lipinski definition) is 5. The van der Waals surface area contributed by atoms with Crippen molar-refractivity contribution in [2.75, 3.05) is 0 Å². The summed E-state index contributed by atoms with van der Waals surface area (Å²) < 4.78 is 14.1. The zero-order valence-electron chi connectivity index (χ0n) is 21.5. The molecule has 0 radical (unpaired) electrons. The van der Waals surface area contributed by atoms with Gasteiger partial charge >= 0.3 is 7.12 Å². The molecule has 0 saturated carbocycles. The number of hydrogen-bond donors (Lipinski definition) is 1. The molecule has 1 aliphatic heterocycles. The highest BCUT2D eigenvalue weighted by Gasteiger charge is 2.51. The van der Waals surface area contributed by atoms with Gasteiger partial charge in [0.1, 0.15) is 11.2 Å². The molecule has 0 amide bonds. The normalized spacial score (nSPS) is 16.3. The highest BCUT2D eigenvalue weighted by atomic mass is 35.5. The SMILES string of the molecule is CC1(C)OB(c2ccc(-c3nc4[nH]ncc4c(=O)n3-c3ccccc3-c3ccc(Cl)cc3)cc2)OC1(C)C. The number of aromatic nitrogens is 4. The molecule has 1 aliphatic rings. The zero-order chi connectivity index (χ0) is 26.7. The highest BCUT2D eigenvalue weighted by molar-refractivity contribution is 6.62. The standard InChI is InChI=1S/C29H26BClN4O3/c1-28(2)29(3,4)38-30(37-28)20-13-9-19(10-14-20)26-33-25-23(17-32-34-25)27(36)35(26)24-8-6-5-7-22(24)18-11-15-21(31)16-12-18/h5-17H,1-4H3,(H,32,34). The molecule has 3 heterocycles. The first-order chi connectivity index (χ1) is 18.1. The van der Waals surface area contributed by atoms with Gasteiger partial charge in [-0.2, -0.15) is 5.10 Å². The summed E-state index contributed by atoms with van der Waals surface area (Å²) >= 11 is 6.14. The Kier molecular flexibility index (Phi) is 5.79. The molecule has 0 bridgehead atoms. The van der Waals surface area contributed by atoms with Crippen LogP contribution in [0.25, 0.3) is 39.2 Å². The Hall–Kier alpha value is -3.72. The van der Waals surface area contributed by atoms with Crippen molar-refractivity contribution in [1.82, 2.24) is 19.7 Å². The van der Waals surface area contributed by atoms with E-state index >= 15 is 0 Å². The van der Waals surface area contributed by atoms with Gasteiger partial charge in [-0.05, 0) is 56.9 Å². The van der Waals surface area contributed by atoms with Crippen LogP contribution in [-0.4, -0.2) is 38.1 Å². The van der Waals surface area contributed by atoms with Crippen LogP contribution in [0.4, 0.5) is 0 Å². The Morgan fingerprint density at radius 3 is 2.18 bits per heavy atom. The third-order valence-electron chi connectivity index (χ3n) is 7.48. The quantitative estimate of drug-likeness (QED) is 0.319. The Balaban J connectivity index is 1.50. The van der Waals surface area contributed by atoms with E-state index in [1.165, 1.54) is 6.20 Å². The maximum absolute atomic E-state index is 13.8. The smallest absolute Gasteiger partial charge is 0.399 e. The van der Waals surface area contributed by atoms with Crippen LogP contribution in [0.1, 0.15) is 27.7 Å². The zero-order valence-corrected chi connectivity index (χ0v) is 22.3. The maximum Gasteiger partial charge on any atom is 0.494 e. The molecule has 0 spiro atoms. The van der Waals surface area contributed by atoms with E-state index in [0.717, 1.165) is 22.2 Å². The molecule has 38 heavy (non-hydrogen) atoms. The largest absolute Gasteiger partial charge is 0.494 e. The van der Waals surface area contributed by atoms with Crippen molar-refractivity contribution in [2.45, 2.75) is 38.9 Å². The monoisotopic (exact) mass is 524 g/mol. The van der Waals surface area contributed by atoms with Crippen LogP contribution in [-0.2, 0) is 9.31 Å². The Morgan fingerprint density at radius 1 is 0.868 bits per heavy atom. The fraction of sp³-hybridized carbons (Fsp3) is 0.207. The van der Waals surface area contributed by atoms with Crippen molar-refractivity contribution in [3.05, 3.63) is 94.4 Å². The predicted octanol–water partition coefficient (Wildman–Crippen LogP) is 5.40. The first kappa shape index (κ1) is 24.6. The molecule has 1 saturated heterocycles. The van der Waals surface area contributed by atoms with E-state index in [4.69, 9.17) is 25.9 Å². The maximum atomic E-state index is 13.8. The fourth-order valence-electron chi connectivity index (χ4n) is 4.62. The Bertz CT molecular complexity index is 1690. The minimum atomic E-state index is -0.482. The van der Waals surface area contributed by atoms with Gasteiger partial charge in [-0.3, -0.25) is 14.5 Å². The van der Waals surface area contributed by atoms with Gasteiger partial charge in [0.15, 0.2) is 5.65 Å². The van der Waals surface area contributed by atoms with Crippen LogP contribution in [0.3, 0.4) is 0 Å². The van der Waals surface area contributed by atoms with Gasteiger partial charge in [0.05, 0.1) is 23.1 Å². The molecule has 0 aliphatic carbocycles. The first-order valence-electron chi connectivity index (χ1n) is 12.4. The summed E-state index contributed by atoms with van der Waals surface area (Å²) in [7, 11) is -0.482. The molecule has 190 valence electrons. The van der Waals surface area contributed by atoms with E-state index in [1.807, 2.05) is 100 Å². The highest BCUT2D eigenvalue weighted by Crippen LogP contribution is 2.37. The summed E-state index contributed by atoms with van der Waals surface area (Å²) in [5, 5.41) is 7.97. The lowest BCUT2D eigenvalue weighted by Crippen LogP contribution is -2.41. The number of rotatable bonds is 4. The van der Waals surface area contributed by atoms with E-state index < -0.39 is 18.3 Å². The van der Waals surface area contributed by atoms with Gasteiger partial charge in [-0.1, -0.05) is 66.2 Å². The van der Waals surface area contributed by atoms with Gasteiger partial charge in [0, 0.05) is 16.1 Å². The second kappa shape index (κ2) is 8.94. The van der Waals surface area contributed by atoms with E-state index in [-0.39, 0.29) is 5.56 Å². The molecule has 9 heteroatoms. The number of fused-ring (bicyclic) bond motifs is 1. The van der Waals surface area contributed by atoms with Crippen LogP contribution in [0.15, 0.2) is 83.8 Å². The van der Waals surface area contributed by atoms with Gasteiger partial charge < -0.3 is 9.31 Å². The van der Waals surface area contributed by atoms with E-state index in [2.05, 4.69) is 10.2 Å². The molecule has 1 N–H and O–H groups in total. The third kappa shape index (κ3) is 4.05. The first-order valence-corrected chi connectivity index (χ1v) is 12.8. The van der Waals surface area contributed by atoms with Gasteiger partial charge in [0.2, 0.25) is 0 Å². The molecule has 1 fully saturated rings. The number of nitrogens with one attached hydrogen (secondary N) is 1. The molecular formula is C29H26BClN4O3. The number of nitrogens with zero attached hydrogens (tertiary/aromatic N) is 3. The average Bonchev–Trinajstić information content (AvgIpc) is 3.46. The molecule has 5 aromatic rings. The Morgan fingerprint density at radius 2 is 1.50 bits per heavy atom. The molecule has 6 rings (SSSR count). The van der Waals surface area contributed by atoms with Crippen molar-refractivity contribution in [2.24, 2.45) is 0 Å². The molecular weight excluding hydrogens is 499 g/mol. The lowest BCUT2D eigenvalue weighted by Gasteiger charge is -2.32. The average molecular weight is 525 g/mol. The van der Waals surface area contributed by atoms with E-state index in [9.17, 15) is 4.79 Å². The van der Waals surface area contributed by atoms with Gasteiger partial charge in [0.25, 0.3) is 5.56 Å². The van der Waals surface area contributed by atoms with Crippen LogP contribution in [0, 0.1) is 0 Å². The molecule has 0 unspecified atom stereocenters. The van der Waals surface area contributed by atoms with Crippen LogP contribution < -0.4 is 11.0 Å². The Labute approximate surface area is 225 Å². The van der Waals surface area contributed by atoms with Crippen molar-refractivity contribution in [3.63, 3.8) is 0 Å². The van der Waals surface area contributed by atoms with Crippen LogP contribution >= 0.6 is 11.6 Å². The van der Waals surface area contributed by atoms with Gasteiger partial charge in [-0.15, -0.1) is 0 Å². The second-order valence-electron chi connectivity index (χ2n) is 10.4. The minimum Gasteiger partial charge on any atom is -0.399 e. The molecule has 2 aromatic heterocycles. The predicted molar refractivity (Wildman–Crippen MR) is 151 cm³/mol. The summed E-state index contributed by atoms with van der Waals surface area (Å²) in [6.07, 6.45) is 1.51. The van der Waals surface area contributed by atoms with Crippen molar-refractivity contribution < 1.29 is 9.31 Å².